The fourth-order valence-corrected chi connectivity index (χ4v) is 4.66. The average molecular weight is 457 g/mol. The van der Waals surface area contributed by atoms with Crippen LogP contribution in [0.4, 0.5) is 0 Å². The molecule has 0 saturated carbocycles. The molecule has 3 aromatic heterocycles. The number of hydrogen-bond donors (Lipinski definition) is 2. The molecule has 5 rings (SSSR count). The normalized spacial score (nSPS) is 18.4. The lowest BCUT2D eigenvalue weighted by atomic mass is 9.85. The summed E-state index contributed by atoms with van der Waals surface area (Å²) in [5.41, 5.74) is 3.45. The van der Waals surface area contributed by atoms with Gasteiger partial charge in [-0.15, -0.1) is 0 Å². The van der Waals surface area contributed by atoms with Crippen molar-refractivity contribution in [2.75, 3.05) is 13.1 Å². The van der Waals surface area contributed by atoms with Gasteiger partial charge in [-0.1, -0.05) is 44.2 Å². The van der Waals surface area contributed by atoms with Crippen LogP contribution in [0.3, 0.4) is 0 Å². The molecule has 4 aromatic rings. The molecule has 8 nitrogen and oxygen atoms in total. The number of piperidine rings is 1. The molecule has 1 aliphatic heterocycles. The highest BCUT2D eigenvalue weighted by molar-refractivity contribution is 6.00. The Morgan fingerprint density at radius 2 is 1.94 bits per heavy atom. The predicted octanol–water partition coefficient (Wildman–Crippen LogP) is 3.61. The zero-order valence-electron chi connectivity index (χ0n) is 19.3. The SMILES string of the molecule is CC(C)c1cnc(C(=O)N[C@@H]2CN(C(=O)c3cccn4cncc34)CC[C@H]2c2ccccc2)[nH]1. The van der Waals surface area contributed by atoms with E-state index in [0.717, 1.165) is 23.2 Å². The minimum Gasteiger partial charge on any atom is -0.344 e. The fraction of sp³-hybridized carbons (Fsp3) is 0.308. The Morgan fingerprint density at radius 1 is 1.12 bits per heavy atom. The minimum atomic E-state index is -0.259. The van der Waals surface area contributed by atoms with E-state index in [2.05, 4.69) is 32.4 Å². The van der Waals surface area contributed by atoms with Gasteiger partial charge in [-0.3, -0.25) is 9.59 Å². The first-order valence-electron chi connectivity index (χ1n) is 11.6. The van der Waals surface area contributed by atoms with E-state index in [9.17, 15) is 9.59 Å². The highest BCUT2D eigenvalue weighted by Crippen LogP contribution is 2.30. The molecule has 8 heteroatoms. The van der Waals surface area contributed by atoms with E-state index in [4.69, 9.17) is 0 Å². The number of pyridine rings is 1. The third-order valence-electron chi connectivity index (χ3n) is 6.56. The lowest BCUT2D eigenvalue weighted by Gasteiger charge is -2.39. The van der Waals surface area contributed by atoms with E-state index in [1.54, 1.807) is 18.7 Å². The summed E-state index contributed by atoms with van der Waals surface area (Å²) in [6.07, 6.45) is 7.71. The van der Waals surface area contributed by atoms with E-state index in [-0.39, 0.29) is 29.7 Å². The summed E-state index contributed by atoms with van der Waals surface area (Å²) in [5, 5.41) is 3.16. The number of H-pyrrole nitrogens is 1. The first kappa shape index (κ1) is 21.9. The number of hydrogen-bond acceptors (Lipinski definition) is 4. The van der Waals surface area contributed by atoms with Crippen LogP contribution in [0.1, 0.15) is 64.3 Å². The van der Waals surface area contributed by atoms with Gasteiger partial charge in [-0.2, -0.15) is 0 Å². The van der Waals surface area contributed by atoms with Crippen molar-refractivity contribution in [2.45, 2.75) is 38.1 Å². The number of imidazole rings is 2. The Hall–Kier alpha value is -3.94. The molecular formula is C26H28N6O2. The maximum Gasteiger partial charge on any atom is 0.287 e. The quantitative estimate of drug-likeness (QED) is 0.480. The van der Waals surface area contributed by atoms with Gasteiger partial charge in [0.1, 0.15) is 0 Å². The maximum atomic E-state index is 13.5. The van der Waals surface area contributed by atoms with Crippen molar-refractivity contribution >= 4 is 17.3 Å². The van der Waals surface area contributed by atoms with Crippen LogP contribution in [-0.4, -0.2) is 55.2 Å². The molecule has 1 fully saturated rings. The second-order valence-electron chi connectivity index (χ2n) is 9.09. The Kier molecular flexibility index (Phi) is 5.88. The van der Waals surface area contributed by atoms with E-state index in [1.807, 2.05) is 59.7 Å². The van der Waals surface area contributed by atoms with Gasteiger partial charge in [-0.05, 0) is 30.0 Å². The number of carbonyl (C=O) groups excluding carboxylic acids is 2. The molecule has 34 heavy (non-hydrogen) atoms. The van der Waals surface area contributed by atoms with Crippen LogP contribution < -0.4 is 5.32 Å². The Morgan fingerprint density at radius 3 is 2.71 bits per heavy atom. The molecule has 174 valence electrons. The molecule has 0 aliphatic carbocycles. The van der Waals surface area contributed by atoms with Crippen LogP contribution in [0, 0.1) is 0 Å². The second kappa shape index (κ2) is 9.13. The number of carbonyl (C=O) groups is 2. The summed E-state index contributed by atoms with van der Waals surface area (Å²) >= 11 is 0. The predicted molar refractivity (Wildman–Crippen MR) is 129 cm³/mol. The second-order valence-corrected chi connectivity index (χ2v) is 9.09. The topological polar surface area (TPSA) is 95.4 Å². The van der Waals surface area contributed by atoms with Crippen LogP contribution in [0.5, 0.6) is 0 Å². The summed E-state index contributed by atoms with van der Waals surface area (Å²) in [5.74, 6) is 0.324. The number of benzene rings is 1. The minimum absolute atomic E-state index is 0.0584. The number of likely N-dealkylation sites (tertiary alicyclic amines) is 1. The molecule has 1 aromatic carbocycles. The van der Waals surface area contributed by atoms with Crippen LogP contribution in [-0.2, 0) is 0 Å². The van der Waals surface area contributed by atoms with E-state index >= 15 is 0 Å². The average Bonchev–Trinajstić information content (AvgIpc) is 3.54. The summed E-state index contributed by atoms with van der Waals surface area (Å²) < 4.78 is 1.84. The Bertz CT molecular complexity index is 1310. The van der Waals surface area contributed by atoms with Crippen LogP contribution >= 0.6 is 0 Å². The molecule has 0 bridgehead atoms. The van der Waals surface area contributed by atoms with Crippen molar-refractivity contribution in [3.05, 3.63) is 90.0 Å². The monoisotopic (exact) mass is 456 g/mol. The highest BCUT2D eigenvalue weighted by atomic mass is 16.2. The summed E-state index contributed by atoms with van der Waals surface area (Å²) in [6, 6.07) is 13.6. The van der Waals surface area contributed by atoms with Crippen LogP contribution in [0.25, 0.3) is 5.52 Å². The standard InChI is InChI=1S/C26H28N6O2/c1-17(2)21-13-28-24(29-21)25(33)30-22-15-31(12-10-19(22)18-7-4-3-5-8-18)26(34)20-9-6-11-32-16-27-14-23(20)32/h3-9,11,13-14,16-17,19,22H,10,12,15H2,1-2H3,(H,28,29)(H,30,33)/t19-,22+/m0/s1. The third kappa shape index (κ3) is 4.19. The van der Waals surface area contributed by atoms with Crippen molar-refractivity contribution in [3.63, 3.8) is 0 Å². The van der Waals surface area contributed by atoms with Gasteiger partial charge in [-0.25, -0.2) is 9.97 Å². The van der Waals surface area contributed by atoms with Gasteiger partial charge < -0.3 is 19.6 Å². The zero-order valence-corrected chi connectivity index (χ0v) is 19.3. The summed E-state index contributed by atoms with van der Waals surface area (Å²) in [7, 11) is 0. The highest BCUT2D eigenvalue weighted by Gasteiger charge is 2.34. The van der Waals surface area contributed by atoms with Crippen LogP contribution in [0.15, 0.2) is 67.4 Å². The third-order valence-corrected chi connectivity index (χ3v) is 6.56. The molecule has 2 atom stereocenters. The van der Waals surface area contributed by atoms with Crippen molar-refractivity contribution in [2.24, 2.45) is 0 Å². The maximum absolute atomic E-state index is 13.5. The Balaban J connectivity index is 1.40. The first-order chi connectivity index (χ1) is 16.5. The molecule has 2 N–H and O–H groups in total. The van der Waals surface area contributed by atoms with E-state index in [0.29, 0.717) is 24.5 Å². The number of nitrogens with zero attached hydrogens (tertiary/aromatic N) is 4. The van der Waals surface area contributed by atoms with E-state index < -0.39 is 0 Å². The molecule has 0 radical (unpaired) electrons. The number of aromatic amines is 1. The molecule has 4 heterocycles. The lowest BCUT2D eigenvalue weighted by molar-refractivity contribution is 0.0655. The van der Waals surface area contributed by atoms with Gasteiger partial charge in [0.15, 0.2) is 5.82 Å². The molecular weight excluding hydrogens is 428 g/mol. The van der Waals surface area contributed by atoms with Crippen LogP contribution in [0.2, 0.25) is 0 Å². The van der Waals surface area contributed by atoms with Crippen molar-refractivity contribution in [1.29, 1.82) is 0 Å². The molecule has 1 aliphatic rings. The van der Waals surface area contributed by atoms with Gasteiger partial charge in [0, 0.05) is 37.1 Å². The van der Waals surface area contributed by atoms with Gasteiger partial charge in [0.25, 0.3) is 11.8 Å². The molecule has 0 unspecified atom stereocenters. The zero-order chi connectivity index (χ0) is 23.7. The van der Waals surface area contributed by atoms with Crippen molar-refractivity contribution < 1.29 is 9.59 Å². The molecule has 0 spiro atoms. The largest absolute Gasteiger partial charge is 0.344 e. The fourth-order valence-electron chi connectivity index (χ4n) is 4.66. The number of aromatic nitrogens is 4. The van der Waals surface area contributed by atoms with Crippen molar-refractivity contribution in [1.82, 2.24) is 29.6 Å². The first-order valence-corrected chi connectivity index (χ1v) is 11.6. The van der Waals surface area contributed by atoms with Gasteiger partial charge in [0.2, 0.25) is 0 Å². The molecule has 1 saturated heterocycles. The van der Waals surface area contributed by atoms with Crippen molar-refractivity contribution in [3.8, 4) is 0 Å². The summed E-state index contributed by atoms with van der Waals surface area (Å²) in [4.78, 5) is 40.0. The molecule has 2 amide bonds. The van der Waals surface area contributed by atoms with E-state index in [1.165, 1.54) is 0 Å². The Labute approximate surface area is 198 Å². The number of amides is 2. The number of rotatable bonds is 5. The smallest absolute Gasteiger partial charge is 0.287 e. The van der Waals surface area contributed by atoms with Gasteiger partial charge in [0.05, 0.1) is 29.6 Å². The summed E-state index contributed by atoms with van der Waals surface area (Å²) in [6.45, 7) is 5.12. The number of nitrogens with one attached hydrogen (secondary N) is 2. The van der Waals surface area contributed by atoms with Gasteiger partial charge >= 0.3 is 0 Å². The number of fused-ring (bicyclic) bond motifs is 1. The lowest BCUT2D eigenvalue weighted by Crippen LogP contribution is -2.53.